The molecule has 0 aromatic heterocycles. The number of carboxylic acid groups (broad SMARTS) is 1. The van der Waals surface area contributed by atoms with Crippen LogP contribution in [-0.2, 0) is 14.3 Å². The Labute approximate surface area is 112 Å². The van der Waals surface area contributed by atoms with E-state index in [2.05, 4.69) is 5.32 Å². The highest BCUT2D eigenvalue weighted by atomic mass is 16.5. The summed E-state index contributed by atoms with van der Waals surface area (Å²) in [6, 6.07) is -1.40. The second-order valence-electron chi connectivity index (χ2n) is 4.59. The van der Waals surface area contributed by atoms with E-state index in [1.165, 1.54) is 6.92 Å². The van der Waals surface area contributed by atoms with Gasteiger partial charge in [0.15, 0.2) is 0 Å². The molecule has 0 aliphatic carbocycles. The van der Waals surface area contributed by atoms with E-state index in [0.717, 1.165) is 4.90 Å². The summed E-state index contributed by atoms with van der Waals surface area (Å²) in [4.78, 5) is 35.1. The summed E-state index contributed by atoms with van der Waals surface area (Å²) in [6.45, 7) is 7.02. The average molecular weight is 274 g/mol. The van der Waals surface area contributed by atoms with Crippen LogP contribution in [0, 0.1) is 5.92 Å². The Morgan fingerprint density at radius 1 is 1.26 bits per heavy atom. The van der Waals surface area contributed by atoms with E-state index < -0.39 is 30.6 Å². The Morgan fingerprint density at radius 3 is 2.26 bits per heavy atom. The van der Waals surface area contributed by atoms with Gasteiger partial charge in [-0.05, 0) is 19.8 Å². The lowest BCUT2D eigenvalue weighted by Crippen LogP contribution is -2.49. The molecular weight excluding hydrogens is 252 g/mol. The van der Waals surface area contributed by atoms with Gasteiger partial charge in [-0.15, -0.1) is 0 Å². The molecule has 110 valence electrons. The fourth-order valence-corrected chi connectivity index (χ4v) is 1.43. The number of carbonyl (C=O) groups is 3. The number of carboxylic acids is 1. The molecule has 0 heterocycles. The third-order valence-corrected chi connectivity index (χ3v) is 2.18. The summed E-state index contributed by atoms with van der Waals surface area (Å²) in [5.41, 5.74) is 0. The Balaban J connectivity index is 4.53. The van der Waals surface area contributed by atoms with E-state index >= 15 is 0 Å². The molecule has 7 heteroatoms. The first-order valence-corrected chi connectivity index (χ1v) is 6.21. The molecule has 0 saturated heterocycles. The van der Waals surface area contributed by atoms with Gasteiger partial charge < -0.3 is 20.1 Å². The van der Waals surface area contributed by atoms with Crippen molar-refractivity contribution in [2.45, 2.75) is 33.7 Å². The fourth-order valence-electron chi connectivity index (χ4n) is 1.43. The van der Waals surface area contributed by atoms with Gasteiger partial charge in [0, 0.05) is 6.54 Å². The van der Waals surface area contributed by atoms with Crippen LogP contribution in [0.1, 0.15) is 27.7 Å². The van der Waals surface area contributed by atoms with Crippen molar-refractivity contribution in [2.75, 3.05) is 19.7 Å². The summed E-state index contributed by atoms with van der Waals surface area (Å²) in [6.07, 6.45) is 0. The Morgan fingerprint density at radius 2 is 1.84 bits per heavy atom. The van der Waals surface area contributed by atoms with Crippen molar-refractivity contribution in [3.8, 4) is 0 Å². The predicted molar refractivity (Wildman–Crippen MR) is 68.7 cm³/mol. The van der Waals surface area contributed by atoms with Crippen LogP contribution in [0.2, 0.25) is 0 Å². The van der Waals surface area contributed by atoms with Crippen LogP contribution in [0.25, 0.3) is 0 Å². The molecule has 0 aromatic rings. The molecule has 0 aromatic carbocycles. The monoisotopic (exact) mass is 274 g/mol. The molecule has 2 amide bonds. The zero-order chi connectivity index (χ0) is 15.0. The number of ether oxygens (including phenoxy) is 1. The smallest absolute Gasteiger partial charge is 0.328 e. The molecule has 1 atom stereocenters. The normalized spacial score (nSPS) is 11.8. The van der Waals surface area contributed by atoms with Crippen molar-refractivity contribution in [1.82, 2.24) is 10.2 Å². The van der Waals surface area contributed by atoms with Crippen LogP contribution >= 0.6 is 0 Å². The third kappa shape index (κ3) is 7.28. The highest BCUT2D eigenvalue weighted by Crippen LogP contribution is 2.00. The van der Waals surface area contributed by atoms with E-state index in [0.29, 0.717) is 6.54 Å². The molecule has 0 bridgehead atoms. The first-order chi connectivity index (χ1) is 8.77. The molecule has 0 rings (SSSR count). The lowest BCUT2D eigenvalue weighted by molar-refractivity contribution is -0.144. The SMILES string of the molecule is CCOC(=O)C(C)NC(=O)N(CC(=O)O)CC(C)C. The number of amides is 2. The largest absolute Gasteiger partial charge is 0.480 e. The fraction of sp³-hybridized carbons (Fsp3) is 0.750. The molecule has 0 spiro atoms. The van der Waals surface area contributed by atoms with Crippen molar-refractivity contribution >= 4 is 18.0 Å². The van der Waals surface area contributed by atoms with Gasteiger partial charge in [0.05, 0.1) is 6.61 Å². The number of carbonyl (C=O) groups excluding carboxylic acids is 2. The molecule has 0 fully saturated rings. The van der Waals surface area contributed by atoms with Crippen LogP contribution in [0.5, 0.6) is 0 Å². The predicted octanol–water partition coefficient (Wildman–Crippen LogP) is 0.690. The number of urea groups is 1. The van der Waals surface area contributed by atoms with E-state index in [-0.39, 0.29) is 12.5 Å². The number of esters is 1. The lowest BCUT2D eigenvalue weighted by Gasteiger charge is -2.24. The van der Waals surface area contributed by atoms with Crippen LogP contribution < -0.4 is 5.32 Å². The molecule has 0 aliphatic rings. The zero-order valence-electron chi connectivity index (χ0n) is 11.8. The molecule has 7 nitrogen and oxygen atoms in total. The van der Waals surface area contributed by atoms with Crippen LogP contribution in [0.15, 0.2) is 0 Å². The van der Waals surface area contributed by atoms with E-state index in [1.54, 1.807) is 6.92 Å². The molecule has 0 aliphatic heterocycles. The maximum absolute atomic E-state index is 11.9. The van der Waals surface area contributed by atoms with Gasteiger partial charge in [0.25, 0.3) is 0 Å². The second kappa shape index (κ2) is 8.34. The summed E-state index contributed by atoms with van der Waals surface area (Å²) in [5, 5.41) is 11.2. The van der Waals surface area contributed by atoms with Crippen molar-refractivity contribution in [2.24, 2.45) is 5.92 Å². The molecule has 0 radical (unpaired) electrons. The van der Waals surface area contributed by atoms with Crippen molar-refractivity contribution in [3.63, 3.8) is 0 Å². The number of nitrogens with zero attached hydrogens (tertiary/aromatic N) is 1. The number of rotatable bonds is 7. The minimum Gasteiger partial charge on any atom is -0.480 e. The standard InChI is InChI=1S/C12H22N2O5/c1-5-19-11(17)9(4)13-12(18)14(6-8(2)3)7-10(15)16/h8-9H,5-7H2,1-4H3,(H,13,18)(H,15,16). The highest BCUT2D eigenvalue weighted by Gasteiger charge is 2.22. The topological polar surface area (TPSA) is 95.9 Å². The van der Waals surface area contributed by atoms with E-state index in [9.17, 15) is 14.4 Å². The number of aliphatic carboxylic acids is 1. The van der Waals surface area contributed by atoms with Gasteiger partial charge >= 0.3 is 18.0 Å². The molecule has 2 N–H and O–H groups in total. The van der Waals surface area contributed by atoms with Crippen molar-refractivity contribution in [3.05, 3.63) is 0 Å². The summed E-state index contributed by atoms with van der Waals surface area (Å²) >= 11 is 0. The van der Waals surface area contributed by atoms with E-state index in [1.807, 2.05) is 13.8 Å². The summed E-state index contributed by atoms with van der Waals surface area (Å²) in [5.74, 6) is -1.52. The minimum absolute atomic E-state index is 0.128. The van der Waals surface area contributed by atoms with Gasteiger partial charge in [-0.1, -0.05) is 13.8 Å². The molecule has 19 heavy (non-hydrogen) atoms. The second-order valence-corrected chi connectivity index (χ2v) is 4.59. The highest BCUT2D eigenvalue weighted by molar-refractivity contribution is 5.85. The molecule has 0 saturated carbocycles. The van der Waals surface area contributed by atoms with Gasteiger partial charge in [0.2, 0.25) is 0 Å². The summed E-state index contributed by atoms with van der Waals surface area (Å²) < 4.78 is 4.76. The lowest BCUT2D eigenvalue weighted by atomic mass is 10.2. The first-order valence-electron chi connectivity index (χ1n) is 6.21. The first kappa shape index (κ1) is 17.2. The summed E-state index contributed by atoms with van der Waals surface area (Å²) in [7, 11) is 0. The average Bonchev–Trinajstić information content (AvgIpc) is 2.26. The van der Waals surface area contributed by atoms with Crippen LogP contribution in [0.3, 0.4) is 0 Å². The maximum Gasteiger partial charge on any atom is 0.328 e. The third-order valence-electron chi connectivity index (χ3n) is 2.18. The number of hydrogen-bond donors (Lipinski definition) is 2. The van der Waals surface area contributed by atoms with Gasteiger partial charge in [-0.2, -0.15) is 0 Å². The zero-order valence-corrected chi connectivity index (χ0v) is 11.8. The molecule has 1 unspecified atom stereocenters. The van der Waals surface area contributed by atoms with Gasteiger partial charge in [0.1, 0.15) is 12.6 Å². The maximum atomic E-state index is 11.9. The Bertz CT molecular complexity index is 330. The quantitative estimate of drug-likeness (QED) is 0.666. The van der Waals surface area contributed by atoms with E-state index in [4.69, 9.17) is 9.84 Å². The molecular formula is C12H22N2O5. The van der Waals surface area contributed by atoms with Gasteiger partial charge in [-0.25, -0.2) is 9.59 Å². The van der Waals surface area contributed by atoms with Crippen molar-refractivity contribution in [1.29, 1.82) is 0 Å². The minimum atomic E-state index is -1.10. The van der Waals surface area contributed by atoms with Gasteiger partial charge in [-0.3, -0.25) is 4.79 Å². The van der Waals surface area contributed by atoms with Crippen LogP contribution in [-0.4, -0.2) is 53.7 Å². The number of hydrogen-bond acceptors (Lipinski definition) is 4. The Kier molecular flexibility index (Phi) is 7.55. The van der Waals surface area contributed by atoms with Crippen molar-refractivity contribution < 1.29 is 24.2 Å². The Hall–Kier alpha value is -1.79. The number of nitrogens with one attached hydrogen (secondary N) is 1. The van der Waals surface area contributed by atoms with Crippen LogP contribution in [0.4, 0.5) is 4.79 Å².